The summed E-state index contributed by atoms with van der Waals surface area (Å²) in [6.45, 7) is -0.389. The molecule has 174 valence electrons. The summed E-state index contributed by atoms with van der Waals surface area (Å²) >= 11 is 1.09. The molecule has 3 aromatic carbocycles. The van der Waals surface area contributed by atoms with Crippen molar-refractivity contribution in [2.24, 2.45) is 0 Å². The lowest BCUT2D eigenvalue weighted by molar-refractivity contribution is -0.139. The lowest BCUT2D eigenvalue weighted by Crippen LogP contribution is -2.11. The van der Waals surface area contributed by atoms with Crippen LogP contribution in [0.15, 0.2) is 65.6 Å². The van der Waals surface area contributed by atoms with Gasteiger partial charge >= 0.3 is 12.1 Å². The second-order valence-corrected chi connectivity index (χ2v) is 8.35. The molecule has 1 N–H and O–H groups in total. The highest BCUT2D eigenvalue weighted by Gasteiger charge is 2.30. The van der Waals surface area contributed by atoms with Crippen LogP contribution >= 0.6 is 11.9 Å². The largest absolute Gasteiger partial charge is 0.481 e. The first-order valence-corrected chi connectivity index (χ1v) is 10.3. The van der Waals surface area contributed by atoms with E-state index in [-0.39, 0.29) is 23.4 Å². The molecule has 0 aromatic heterocycles. The fourth-order valence-corrected chi connectivity index (χ4v) is 3.98. The fourth-order valence-electron chi connectivity index (χ4n) is 3.08. The molecule has 3 rings (SSSR count). The third kappa shape index (κ3) is 6.93. The normalized spacial score (nSPS) is 11.6. The molecule has 0 bridgehead atoms. The summed E-state index contributed by atoms with van der Waals surface area (Å²) < 4.78 is 73.4. The monoisotopic (exact) mass is 483 g/mol. The van der Waals surface area contributed by atoms with Gasteiger partial charge in [-0.1, -0.05) is 18.2 Å². The number of ether oxygens (including phenoxy) is 1. The van der Waals surface area contributed by atoms with Crippen molar-refractivity contribution in [3.05, 3.63) is 83.4 Å². The quantitative estimate of drug-likeness (QED) is 0.303. The Kier molecular flexibility index (Phi) is 7.60. The van der Waals surface area contributed by atoms with Crippen LogP contribution < -0.4 is 4.74 Å². The highest BCUT2D eigenvalue weighted by molar-refractivity contribution is 7.97. The van der Waals surface area contributed by atoms with Crippen LogP contribution in [0, 0.1) is 11.6 Å². The first kappa shape index (κ1) is 24.5. The molecule has 0 fully saturated rings. The van der Waals surface area contributed by atoms with E-state index < -0.39 is 36.0 Å². The van der Waals surface area contributed by atoms with Gasteiger partial charge in [-0.25, -0.2) is 17.9 Å². The zero-order valence-electron chi connectivity index (χ0n) is 17.2. The summed E-state index contributed by atoms with van der Waals surface area (Å²) in [5, 5.41) is 8.90. The minimum absolute atomic E-state index is 0.114. The van der Waals surface area contributed by atoms with E-state index in [0.29, 0.717) is 10.5 Å². The van der Waals surface area contributed by atoms with E-state index >= 15 is 0 Å². The van der Waals surface area contributed by atoms with E-state index in [1.807, 2.05) is 0 Å². The number of hydrogen-bond donors (Lipinski definition) is 1. The van der Waals surface area contributed by atoms with Crippen molar-refractivity contribution >= 4 is 17.9 Å². The smallest absolute Gasteiger partial charge is 0.416 e. The highest BCUT2D eigenvalue weighted by atomic mass is 32.2. The number of hydrogen-bond acceptors (Lipinski definition) is 4. The fraction of sp³-hybridized carbons (Fsp3) is 0.174. The maximum Gasteiger partial charge on any atom is 0.416 e. The van der Waals surface area contributed by atoms with Gasteiger partial charge in [-0.3, -0.25) is 0 Å². The Labute approximate surface area is 190 Å². The van der Waals surface area contributed by atoms with E-state index in [0.717, 1.165) is 30.1 Å². The molecule has 0 amide bonds. The Morgan fingerprint density at radius 2 is 1.73 bits per heavy atom. The van der Waals surface area contributed by atoms with Crippen molar-refractivity contribution in [1.82, 2.24) is 4.31 Å². The number of aliphatic carboxylic acids is 1. The summed E-state index contributed by atoms with van der Waals surface area (Å²) in [6.07, 6.45) is -4.55. The minimum atomic E-state index is -4.55. The minimum Gasteiger partial charge on any atom is -0.481 e. The SMILES string of the molecule is CN(Cc1ccc(OCC(=O)O)c(-c2cccc(C(F)(F)F)c2)c1)Sc1cc(F)cc(F)c1. The van der Waals surface area contributed by atoms with Crippen molar-refractivity contribution in [2.75, 3.05) is 13.7 Å². The third-order valence-corrected chi connectivity index (χ3v) is 5.29. The van der Waals surface area contributed by atoms with Gasteiger partial charge in [-0.05, 0) is 66.5 Å². The van der Waals surface area contributed by atoms with Crippen molar-refractivity contribution in [3.63, 3.8) is 0 Å². The Bertz CT molecular complexity index is 1130. The maximum absolute atomic E-state index is 13.4. The van der Waals surface area contributed by atoms with Crippen LogP contribution in [-0.4, -0.2) is 29.0 Å². The number of nitrogens with zero attached hydrogens (tertiary/aromatic N) is 1. The van der Waals surface area contributed by atoms with Gasteiger partial charge in [-0.2, -0.15) is 13.2 Å². The van der Waals surface area contributed by atoms with Crippen LogP contribution in [0.2, 0.25) is 0 Å². The van der Waals surface area contributed by atoms with Crippen LogP contribution in [-0.2, 0) is 17.5 Å². The van der Waals surface area contributed by atoms with E-state index in [4.69, 9.17) is 9.84 Å². The van der Waals surface area contributed by atoms with Crippen LogP contribution in [0.5, 0.6) is 5.75 Å². The van der Waals surface area contributed by atoms with Gasteiger partial charge in [0.25, 0.3) is 0 Å². The Morgan fingerprint density at radius 3 is 2.36 bits per heavy atom. The molecule has 0 spiro atoms. The maximum atomic E-state index is 13.4. The van der Waals surface area contributed by atoms with E-state index in [1.54, 1.807) is 23.5 Å². The zero-order chi connectivity index (χ0) is 24.2. The molecule has 0 aliphatic carbocycles. The van der Waals surface area contributed by atoms with Gasteiger partial charge in [0.2, 0.25) is 0 Å². The number of benzene rings is 3. The second kappa shape index (κ2) is 10.2. The first-order valence-electron chi connectivity index (χ1n) is 9.51. The lowest BCUT2D eigenvalue weighted by Gasteiger charge is -2.18. The van der Waals surface area contributed by atoms with Crippen molar-refractivity contribution < 1.29 is 36.6 Å². The number of halogens is 5. The molecule has 33 heavy (non-hydrogen) atoms. The molecule has 0 radical (unpaired) electrons. The van der Waals surface area contributed by atoms with Gasteiger partial charge in [-0.15, -0.1) is 0 Å². The molecule has 0 aliphatic heterocycles. The molecule has 0 atom stereocenters. The second-order valence-electron chi connectivity index (χ2n) is 7.07. The van der Waals surface area contributed by atoms with Crippen molar-refractivity contribution in [1.29, 1.82) is 0 Å². The van der Waals surface area contributed by atoms with Crippen LogP contribution in [0.1, 0.15) is 11.1 Å². The molecule has 4 nitrogen and oxygen atoms in total. The summed E-state index contributed by atoms with van der Waals surface area (Å²) in [5.41, 5.74) is 0.303. The molecular weight excluding hydrogens is 465 g/mol. The standard InChI is InChI=1S/C23H18F5NO3S/c1-29(33-19-10-17(24)9-18(25)11-19)12-14-5-6-21(32-13-22(30)31)20(7-14)15-3-2-4-16(8-15)23(26,27)28/h2-11H,12-13H2,1H3,(H,30,31). The van der Waals surface area contributed by atoms with Crippen LogP contribution in [0.3, 0.4) is 0 Å². The number of carbonyl (C=O) groups is 1. The van der Waals surface area contributed by atoms with Crippen molar-refractivity contribution in [3.8, 4) is 16.9 Å². The molecule has 0 aliphatic rings. The topological polar surface area (TPSA) is 49.8 Å². The molecule has 0 saturated heterocycles. The lowest BCUT2D eigenvalue weighted by atomic mass is 9.99. The highest BCUT2D eigenvalue weighted by Crippen LogP contribution is 2.36. The number of rotatable bonds is 8. The predicted octanol–water partition coefficient (Wildman–Crippen LogP) is 6.25. The molecule has 3 aromatic rings. The molecule has 0 saturated carbocycles. The Hall–Kier alpha value is -3.11. The number of alkyl halides is 3. The average molecular weight is 483 g/mol. The number of carboxylic acid groups (broad SMARTS) is 1. The van der Waals surface area contributed by atoms with E-state index in [2.05, 4.69) is 0 Å². The number of carboxylic acids is 1. The Morgan fingerprint density at radius 1 is 1.03 bits per heavy atom. The Balaban J connectivity index is 1.90. The predicted molar refractivity (Wildman–Crippen MR) is 114 cm³/mol. The molecule has 0 heterocycles. The van der Waals surface area contributed by atoms with E-state index in [9.17, 15) is 26.7 Å². The average Bonchev–Trinajstić information content (AvgIpc) is 2.71. The summed E-state index contributed by atoms with van der Waals surface area (Å²) in [5.74, 6) is -2.54. The van der Waals surface area contributed by atoms with Crippen LogP contribution in [0.4, 0.5) is 22.0 Å². The van der Waals surface area contributed by atoms with Gasteiger partial charge in [0.05, 0.1) is 5.56 Å². The van der Waals surface area contributed by atoms with Gasteiger partial charge < -0.3 is 9.84 Å². The molecular formula is C23H18F5NO3S. The zero-order valence-corrected chi connectivity index (χ0v) is 18.0. The summed E-state index contributed by atoms with van der Waals surface area (Å²) in [4.78, 5) is 11.2. The summed E-state index contributed by atoms with van der Waals surface area (Å²) in [7, 11) is 1.69. The van der Waals surface area contributed by atoms with Gasteiger partial charge in [0.15, 0.2) is 6.61 Å². The first-order chi connectivity index (χ1) is 15.5. The molecule has 0 unspecified atom stereocenters. The van der Waals surface area contributed by atoms with Crippen molar-refractivity contribution in [2.45, 2.75) is 17.6 Å². The van der Waals surface area contributed by atoms with Gasteiger partial charge in [0.1, 0.15) is 17.4 Å². The summed E-state index contributed by atoms with van der Waals surface area (Å²) in [6, 6.07) is 12.5. The molecule has 10 heteroatoms. The van der Waals surface area contributed by atoms with Gasteiger partial charge in [0, 0.05) is 23.1 Å². The van der Waals surface area contributed by atoms with E-state index in [1.165, 1.54) is 30.3 Å². The third-order valence-electron chi connectivity index (χ3n) is 4.40. The van der Waals surface area contributed by atoms with Crippen LogP contribution in [0.25, 0.3) is 11.1 Å².